The molecule has 2 saturated heterocycles. The molecule has 5 aliphatic rings. The molecule has 0 bridgehead atoms. The Bertz CT molecular complexity index is 1830. The number of phenols is 1. The summed E-state index contributed by atoms with van der Waals surface area (Å²) < 4.78 is 12.7. The number of hydrogen-bond donors (Lipinski definition) is 6. The Morgan fingerprint density at radius 2 is 1.73 bits per heavy atom. The van der Waals surface area contributed by atoms with Crippen molar-refractivity contribution in [1.82, 2.24) is 10.2 Å². The van der Waals surface area contributed by atoms with Crippen molar-refractivity contribution in [3.05, 3.63) is 76.1 Å². The van der Waals surface area contributed by atoms with E-state index in [1.165, 1.54) is 30.0 Å². The van der Waals surface area contributed by atoms with Crippen LogP contribution in [0.1, 0.15) is 30.0 Å². The number of Topliss-reactive ketones (excluding diaryl/α,β-unsaturated/α-hetero) is 2. The normalized spacial score (nSPS) is 35.8. The van der Waals surface area contributed by atoms with Gasteiger partial charge in [-0.15, -0.1) is 0 Å². The van der Waals surface area contributed by atoms with Crippen LogP contribution in [-0.4, -0.2) is 118 Å². The fourth-order valence-corrected chi connectivity index (χ4v) is 9.09. The predicted octanol–water partition coefficient (Wildman–Crippen LogP) is 0.249. The lowest BCUT2D eigenvalue weighted by molar-refractivity contribution is -0.822. The first-order chi connectivity index (χ1) is 22.6. The number of quaternary nitrogens is 1. The first-order valence-corrected chi connectivity index (χ1v) is 16.2. The maximum Gasteiger partial charge on any atom is 0.504 e. The molecule has 0 radical (unpaired) electrons. The average Bonchev–Trinajstić information content (AvgIpc) is 3.57. The van der Waals surface area contributed by atoms with E-state index in [-0.39, 0.29) is 28.6 Å². The van der Waals surface area contributed by atoms with Crippen molar-refractivity contribution >= 4 is 35.4 Å². The maximum atomic E-state index is 14.4. The quantitative estimate of drug-likeness (QED) is 0.191. The molecule has 3 aliphatic carbocycles. The third kappa shape index (κ3) is 4.10. The predicted molar refractivity (Wildman–Crippen MR) is 172 cm³/mol. The zero-order chi connectivity index (χ0) is 34.6. The van der Waals surface area contributed by atoms with Gasteiger partial charge in [-0.3, -0.25) is 19.3 Å². The van der Waals surface area contributed by atoms with E-state index >= 15 is 0 Å². The number of ketones is 2. The molecule has 13 nitrogen and oxygen atoms in total. The third-order valence-corrected chi connectivity index (χ3v) is 11.5. The number of nitrogens with zero attached hydrogens (tertiary/aromatic N) is 2. The maximum absolute atomic E-state index is 14.4. The van der Waals surface area contributed by atoms with Crippen LogP contribution in [0.25, 0.3) is 5.76 Å². The van der Waals surface area contributed by atoms with Gasteiger partial charge in [0.25, 0.3) is 5.91 Å². The summed E-state index contributed by atoms with van der Waals surface area (Å²) in [4.78, 5) is 44.0. The largest absolute Gasteiger partial charge is 0.508 e. The van der Waals surface area contributed by atoms with Crippen LogP contribution in [0.4, 0.5) is 0 Å². The van der Waals surface area contributed by atoms with Crippen molar-refractivity contribution in [2.24, 2.45) is 11.8 Å². The molecule has 254 valence electrons. The van der Waals surface area contributed by atoms with Crippen LogP contribution < -0.4 is 10.8 Å². The molecule has 1 saturated carbocycles. The van der Waals surface area contributed by atoms with Crippen molar-refractivity contribution in [3.63, 3.8) is 0 Å². The van der Waals surface area contributed by atoms with Gasteiger partial charge in [0.15, 0.2) is 11.4 Å². The number of carbonyl (C=O) groups is 3. The summed E-state index contributed by atoms with van der Waals surface area (Å²) in [7, 11) is 3.11. The highest BCUT2D eigenvalue weighted by atomic mass is 16.6. The number of aliphatic hydroxyl groups excluding tert-OH is 2. The Morgan fingerprint density at radius 1 is 1.06 bits per heavy atom. The number of hydrogen-bond acceptors (Lipinski definition) is 11. The number of nitrogens with one attached hydrogen (secondary N) is 1. The minimum absolute atomic E-state index is 0.0216. The molecule has 5 unspecified atom stereocenters. The molecule has 5 atom stereocenters. The second kappa shape index (κ2) is 10.7. The van der Waals surface area contributed by atoms with E-state index in [4.69, 9.17) is 9.31 Å². The minimum atomic E-state index is -2.80. The molecule has 2 aromatic rings. The summed E-state index contributed by atoms with van der Waals surface area (Å²) in [5.41, 5.74) is -3.93. The molecule has 48 heavy (non-hydrogen) atoms. The number of rotatable bonds is 5. The van der Waals surface area contributed by atoms with Crippen molar-refractivity contribution in [3.8, 4) is 5.75 Å². The summed E-state index contributed by atoms with van der Waals surface area (Å²) in [5.74, 6) is -7.52. The van der Waals surface area contributed by atoms with E-state index in [2.05, 4.69) is 5.32 Å². The van der Waals surface area contributed by atoms with Gasteiger partial charge in [-0.1, -0.05) is 47.4 Å². The van der Waals surface area contributed by atoms with E-state index in [0.29, 0.717) is 26.3 Å². The van der Waals surface area contributed by atoms with Crippen LogP contribution in [0, 0.1) is 18.8 Å². The van der Waals surface area contributed by atoms with E-state index < -0.39 is 81.7 Å². The fourth-order valence-electron chi connectivity index (χ4n) is 9.09. The number of phenolic OH excluding ortho intramolecular Hbond substituents is 1. The Hall–Kier alpha value is -4.05. The first-order valence-electron chi connectivity index (χ1n) is 16.2. The van der Waals surface area contributed by atoms with Crippen molar-refractivity contribution < 1.29 is 53.6 Å². The van der Waals surface area contributed by atoms with Gasteiger partial charge < -0.3 is 44.6 Å². The van der Waals surface area contributed by atoms with Gasteiger partial charge in [-0.25, -0.2) is 0 Å². The zero-order valence-corrected chi connectivity index (χ0v) is 27.3. The summed E-state index contributed by atoms with van der Waals surface area (Å²) in [5, 5.41) is 60.4. The molecule has 0 aromatic heterocycles. The van der Waals surface area contributed by atoms with Crippen molar-refractivity contribution in [1.29, 1.82) is 0 Å². The Kier molecular flexibility index (Phi) is 7.26. The number of aliphatic hydroxyl groups is 4. The van der Waals surface area contributed by atoms with Gasteiger partial charge in [-0.05, 0) is 46.0 Å². The third-order valence-electron chi connectivity index (χ3n) is 11.5. The van der Waals surface area contributed by atoms with E-state index in [0.717, 1.165) is 11.0 Å². The highest BCUT2D eigenvalue weighted by molar-refractivity contribution is 6.75. The van der Waals surface area contributed by atoms with Gasteiger partial charge in [0.05, 0.1) is 43.5 Å². The molecule has 0 spiro atoms. The number of carbonyl (C=O) groups excluding carboxylic acids is 3. The van der Waals surface area contributed by atoms with Gasteiger partial charge in [0, 0.05) is 17.4 Å². The lowest BCUT2D eigenvalue weighted by Gasteiger charge is -2.53. The first kappa shape index (κ1) is 32.5. The van der Waals surface area contributed by atoms with Crippen LogP contribution in [-0.2, 0) is 29.3 Å². The summed E-state index contributed by atoms with van der Waals surface area (Å²) >= 11 is 0. The van der Waals surface area contributed by atoms with Crippen LogP contribution in [0.2, 0.25) is 0 Å². The zero-order valence-electron chi connectivity index (χ0n) is 27.3. The number of aromatic hydroxyl groups is 1. The minimum Gasteiger partial charge on any atom is -0.508 e. The summed E-state index contributed by atoms with van der Waals surface area (Å²) in [6, 6.07) is 10.8. The van der Waals surface area contributed by atoms with Gasteiger partial charge in [0.1, 0.15) is 29.5 Å². The Labute approximate surface area is 277 Å². The molecule has 7 rings (SSSR count). The lowest BCUT2D eigenvalue weighted by Crippen LogP contribution is -2.72. The average molecular weight is 662 g/mol. The van der Waals surface area contributed by atoms with E-state index in [9.17, 15) is 39.9 Å². The number of fused-ring (bicyclic) bond motifs is 4. The molecule has 14 heteroatoms. The number of benzene rings is 2. The molecule has 1 amide bonds. The van der Waals surface area contributed by atoms with Crippen molar-refractivity contribution in [2.75, 3.05) is 47.1 Å². The highest BCUT2D eigenvalue weighted by Gasteiger charge is 2.67. The van der Waals surface area contributed by atoms with Crippen LogP contribution in [0.5, 0.6) is 5.75 Å². The smallest absolute Gasteiger partial charge is 0.504 e. The van der Waals surface area contributed by atoms with Crippen molar-refractivity contribution in [2.45, 2.75) is 37.5 Å². The standard InChI is InChI=1S/C34H40BN3O10/c1-18-7-5-8-19(15-18)35-38(11-13-47-35,12-14-48-35)17-36-32(44)26-29(41)27(37(3)4)22-16-21-25(30(42)34(22,46)31(26)43)28(40)24-20(33(21,2)45)9-6-10-23(24)39/h5-10,15,21-22,27,39-40,43,45-46H,11-14,16-17H2,1-4H3,(H,36,44). The van der Waals surface area contributed by atoms with Gasteiger partial charge in [-0.2, -0.15) is 0 Å². The Morgan fingerprint density at radius 3 is 2.38 bits per heavy atom. The van der Waals surface area contributed by atoms with Crippen LogP contribution >= 0.6 is 0 Å². The summed E-state index contributed by atoms with van der Waals surface area (Å²) in [6.45, 7) is 3.09. The molecular weight excluding hydrogens is 621 g/mol. The van der Waals surface area contributed by atoms with Crippen LogP contribution in [0.15, 0.2) is 59.4 Å². The Balaban J connectivity index is 1.29. The van der Waals surface area contributed by atoms with Crippen LogP contribution in [0.3, 0.4) is 0 Å². The van der Waals surface area contributed by atoms with E-state index in [1.807, 2.05) is 31.2 Å². The topological polar surface area (TPSA) is 186 Å². The molecular formula is C34H40BN3O10. The monoisotopic (exact) mass is 661 g/mol. The molecule has 2 aromatic carbocycles. The lowest BCUT2D eigenvalue weighted by atomic mass is 9.54. The molecule has 6 N–H and O–H groups in total. The van der Waals surface area contributed by atoms with Gasteiger partial charge >= 0.3 is 6.69 Å². The fraction of sp³-hybridized carbons (Fsp3) is 0.441. The molecule has 3 fully saturated rings. The second-order valence-corrected chi connectivity index (χ2v) is 14.3. The number of aryl methyl sites for hydroxylation is 1. The van der Waals surface area contributed by atoms with E-state index in [1.54, 1.807) is 14.1 Å². The molecule has 2 heterocycles. The molecule has 2 aliphatic heterocycles. The number of likely N-dealkylation sites (N-methyl/N-ethyl adjacent to an activating group) is 1. The SMILES string of the molecule is Cc1cccc([B-]23OCC[N+]2(CNC(=O)C2=C(O)C4(O)C(=O)C5=C(O)c6c(O)cccc6C(C)(O)C5CC4C(N(C)C)C2=O)CCO3)c1. The second-order valence-electron chi connectivity index (χ2n) is 14.3. The number of amides is 1. The summed E-state index contributed by atoms with van der Waals surface area (Å²) in [6.07, 6.45) is -0.215. The van der Waals surface area contributed by atoms with Gasteiger partial charge in [0.2, 0.25) is 5.78 Å². The highest BCUT2D eigenvalue weighted by Crippen LogP contribution is 2.57.